The minimum absolute atomic E-state index is 0.162. The minimum Gasteiger partial charge on any atom is -0.508 e. The van der Waals surface area contributed by atoms with E-state index in [2.05, 4.69) is 0 Å². The van der Waals surface area contributed by atoms with Crippen LogP contribution in [-0.2, 0) is 12.0 Å². The molecule has 1 unspecified atom stereocenters. The van der Waals surface area contributed by atoms with Crippen molar-refractivity contribution in [3.8, 4) is 5.75 Å². The van der Waals surface area contributed by atoms with Crippen molar-refractivity contribution in [1.82, 2.24) is 0 Å². The first-order valence-corrected chi connectivity index (χ1v) is 6.60. The second-order valence-electron chi connectivity index (χ2n) is 4.70. The summed E-state index contributed by atoms with van der Waals surface area (Å²) in [6.07, 6.45) is 0.302. The normalized spacial score (nSPS) is 14.1. The molecule has 1 atom stereocenters. The predicted molar refractivity (Wildman–Crippen MR) is 77.8 cm³/mol. The number of rotatable bonds is 3. The Labute approximate surface area is 122 Å². The number of halogens is 2. The van der Waals surface area contributed by atoms with Crippen molar-refractivity contribution in [3.05, 3.63) is 63.6 Å². The van der Waals surface area contributed by atoms with Crippen molar-refractivity contribution in [1.29, 1.82) is 0 Å². The Morgan fingerprint density at radius 1 is 1.00 bits per heavy atom. The maximum Gasteiger partial charge on any atom is 0.115 e. The number of hydrogen-bond donors (Lipinski definition) is 2. The van der Waals surface area contributed by atoms with Crippen molar-refractivity contribution < 1.29 is 10.2 Å². The third-order valence-corrected chi connectivity index (χ3v) is 3.78. The number of phenols is 1. The molecule has 0 saturated carbocycles. The molecule has 0 amide bonds. The summed E-state index contributed by atoms with van der Waals surface area (Å²) in [4.78, 5) is 0. The van der Waals surface area contributed by atoms with E-state index in [1.165, 1.54) is 12.1 Å². The summed E-state index contributed by atoms with van der Waals surface area (Å²) in [7, 11) is 0. The quantitative estimate of drug-likeness (QED) is 0.893. The zero-order valence-corrected chi connectivity index (χ0v) is 11.9. The van der Waals surface area contributed by atoms with Gasteiger partial charge in [-0.1, -0.05) is 41.4 Å². The molecule has 0 bridgehead atoms. The lowest BCUT2D eigenvalue weighted by Gasteiger charge is -2.25. The highest BCUT2D eigenvalue weighted by molar-refractivity contribution is 6.36. The van der Waals surface area contributed by atoms with Crippen LogP contribution < -0.4 is 0 Å². The van der Waals surface area contributed by atoms with Crippen LogP contribution in [0.1, 0.15) is 18.1 Å². The second kappa shape index (κ2) is 5.41. The average Bonchev–Trinajstić information content (AvgIpc) is 2.35. The molecule has 2 aromatic carbocycles. The van der Waals surface area contributed by atoms with Gasteiger partial charge >= 0.3 is 0 Å². The Hall–Kier alpha value is -1.22. The first-order chi connectivity index (χ1) is 8.90. The van der Waals surface area contributed by atoms with Gasteiger partial charge in [0.2, 0.25) is 0 Å². The van der Waals surface area contributed by atoms with Gasteiger partial charge in [0.15, 0.2) is 0 Å². The zero-order valence-electron chi connectivity index (χ0n) is 10.4. The third kappa shape index (κ3) is 3.21. The maximum atomic E-state index is 10.6. The molecule has 2 rings (SSSR count). The first-order valence-electron chi connectivity index (χ1n) is 5.85. The molecule has 2 N–H and O–H groups in total. The van der Waals surface area contributed by atoms with Gasteiger partial charge in [-0.05, 0) is 42.3 Å². The molecule has 0 heterocycles. The highest BCUT2D eigenvalue weighted by Crippen LogP contribution is 2.33. The van der Waals surface area contributed by atoms with Gasteiger partial charge in [-0.2, -0.15) is 0 Å². The van der Waals surface area contributed by atoms with E-state index in [4.69, 9.17) is 23.2 Å². The standard InChI is InChI=1S/C15H14Cl2O2/c1-15(19,10-5-7-11(18)8-6-10)9-12-13(16)3-2-4-14(12)17/h2-8,18-19H,9H2,1H3. The molecule has 0 aliphatic rings. The Balaban J connectivity index is 2.33. The number of benzene rings is 2. The van der Waals surface area contributed by atoms with Crippen LogP contribution in [0.4, 0.5) is 0 Å². The summed E-state index contributed by atoms with van der Waals surface area (Å²) in [5.74, 6) is 0.162. The number of hydrogen-bond acceptors (Lipinski definition) is 2. The van der Waals surface area contributed by atoms with Gasteiger partial charge in [-0.25, -0.2) is 0 Å². The summed E-state index contributed by atoms with van der Waals surface area (Å²) in [6, 6.07) is 11.7. The molecule has 0 saturated heterocycles. The van der Waals surface area contributed by atoms with Crippen LogP contribution >= 0.6 is 23.2 Å². The van der Waals surface area contributed by atoms with Crippen LogP contribution in [-0.4, -0.2) is 10.2 Å². The first kappa shape index (κ1) is 14.2. The molecule has 2 aromatic rings. The van der Waals surface area contributed by atoms with E-state index in [1.807, 2.05) is 0 Å². The molecule has 2 nitrogen and oxygen atoms in total. The summed E-state index contributed by atoms with van der Waals surface area (Å²) >= 11 is 12.2. The topological polar surface area (TPSA) is 40.5 Å². The van der Waals surface area contributed by atoms with E-state index in [1.54, 1.807) is 37.3 Å². The van der Waals surface area contributed by atoms with Crippen LogP contribution in [0.25, 0.3) is 0 Å². The second-order valence-corrected chi connectivity index (χ2v) is 5.51. The van der Waals surface area contributed by atoms with E-state index in [0.717, 1.165) is 0 Å². The van der Waals surface area contributed by atoms with E-state index >= 15 is 0 Å². The molecule has 100 valence electrons. The van der Waals surface area contributed by atoms with Gasteiger partial charge in [0, 0.05) is 16.5 Å². The third-order valence-electron chi connectivity index (χ3n) is 3.07. The van der Waals surface area contributed by atoms with Crippen molar-refractivity contribution in [2.45, 2.75) is 18.9 Å². The Morgan fingerprint density at radius 2 is 1.53 bits per heavy atom. The van der Waals surface area contributed by atoms with Gasteiger partial charge in [0.25, 0.3) is 0 Å². The minimum atomic E-state index is -1.11. The Bertz CT molecular complexity index is 557. The van der Waals surface area contributed by atoms with Crippen LogP contribution in [0.5, 0.6) is 5.75 Å². The maximum absolute atomic E-state index is 10.6. The number of aliphatic hydroxyl groups is 1. The van der Waals surface area contributed by atoms with Crippen LogP contribution in [0, 0.1) is 0 Å². The zero-order chi connectivity index (χ0) is 14.0. The fourth-order valence-electron chi connectivity index (χ4n) is 1.97. The van der Waals surface area contributed by atoms with E-state index in [-0.39, 0.29) is 5.75 Å². The number of phenolic OH excluding ortho intramolecular Hbond substituents is 1. The smallest absolute Gasteiger partial charge is 0.115 e. The van der Waals surface area contributed by atoms with Crippen molar-refractivity contribution >= 4 is 23.2 Å². The molecule has 0 aromatic heterocycles. The fourth-order valence-corrected chi connectivity index (χ4v) is 2.50. The van der Waals surface area contributed by atoms with Gasteiger partial charge < -0.3 is 10.2 Å². The van der Waals surface area contributed by atoms with E-state index < -0.39 is 5.60 Å². The SMILES string of the molecule is CC(O)(Cc1c(Cl)cccc1Cl)c1ccc(O)cc1. The highest BCUT2D eigenvalue weighted by Gasteiger charge is 2.25. The fraction of sp³-hybridized carbons (Fsp3) is 0.200. The van der Waals surface area contributed by atoms with Gasteiger partial charge in [-0.3, -0.25) is 0 Å². The van der Waals surface area contributed by atoms with Gasteiger partial charge in [0.1, 0.15) is 5.75 Å². The lowest BCUT2D eigenvalue weighted by molar-refractivity contribution is 0.0576. The summed E-state index contributed by atoms with van der Waals surface area (Å²) < 4.78 is 0. The number of aromatic hydroxyl groups is 1. The van der Waals surface area contributed by atoms with Crippen LogP contribution in [0.3, 0.4) is 0 Å². The summed E-state index contributed by atoms with van der Waals surface area (Å²) in [6.45, 7) is 1.69. The monoisotopic (exact) mass is 296 g/mol. The van der Waals surface area contributed by atoms with E-state index in [0.29, 0.717) is 27.6 Å². The predicted octanol–water partition coefficient (Wildman–Crippen LogP) is 4.15. The molecule has 4 heteroatoms. The van der Waals surface area contributed by atoms with Crippen molar-refractivity contribution in [3.63, 3.8) is 0 Å². The summed E-state index contributed by atoms with van der Waals surface area (Å²) in [5.41, 5.74) is 0.299. The molecular weight excluding hydrogens is 283 g/mol. The average molecular weight is 297 g/mol. The van der Waals surface area contributed by atoms with Crippen LogP contribution in [0.2, 0.25) is 10.0 Å². The largest absolute Gasteiger partial charge is 0.508 e. The summed E-state index contributed by atoms with van der Waals surface area (Å²) in [5, 5.41) is 20.9. The molecule has 19 heavy (non-hydrogen) atoms. The Kier molecular flexibility index (Phi) is 4.04. The lowest BCUT2D eigenvalue weighted by atomic mass is 9.89. The molecule has 0 aliphatic carbocycles. The molecule has 0 spiro atoms. The van der Waals surface area contributed by atoms with Gasteiger partial charge in [-0.15, -0.1) is 0 Å². The molecule has 0 fully saturated rings. The van der Waals surface area contributed by atoms with Crippen molar-refractivity contribution in [2.75, 3.05) is 0 Å². The van der Waals surface area contributed by atoms with Crippen LogP contribution in [0.15, 0.2) is 42.5 Å². The highest BCUT2D eigenvalue weighted by atomic mass is 35.5. The van der Waals surface area contributed by atoms with E-state index in [9.17, 15) is 10.2 Å². The van der Waals surface area contributed by atoms with Gasteiger partial charge in [0.05, 0.1) is 5.60 Å². The molecule has 0 radical (unpaired) electrons. The van der Waals surface area contributed by atoms with Crippen molar-refractivity contribution in [2.24, 2.45) is 0 Å². The lowest BCUT2D eigenvalue weighted by Crippen LogP contribution is -2.24. The Morgan fingerprint density at radius 3 is 2.05 bits per heavy atom. The molecule has 0 aliphatic heterocycles. The molecular formula is C15H14Cl2O2.